The maximum atomic E-state index is 12.8. The molecule has 0 aromatic carbocycles. The Labute approximate surface area is 424 Å². The monoisotopic (exact) mass is 979 g/mol. The maximum Gasteiger partial charge on any atom is 0.472 e. The zero-order valence-corrected chi connectivity index (χ0v) is 45.4. The number of rotatable bonds is 48. The number of hydrogen-bond donors (Lipinski definition) is 1. The number of likely N-dealkylation sites (N-methyl/N-ethyl adjacent to an activating group) is 1. The average Bonchev–Trinajstić information content (AvgIpc) is 3.31. The number of unbranched alkanes of at least 4 members (excludes halogenated alkanes) is 12. The van der Waals surface area contributed by atoms with Gasteiger partial charge in [-0.2, -0.15) is 0 Å². The van der Waals surface area contributed by atoms with Crippen molar-refractivity contribution in [2.24, 2.45) is 0 Å². The van der Waals surface area contributed by atoms with Gasteiger partial charge in [-0.15, -0.1) is 0 Å². The van der Waals surface area contributed by atoms with Gasteiger partial charge in [0.2, 0.25) is 0 Å². The Morgan fingerprint density at radius 1 is 0.449 bits per heavy atom. The van der Waals surface area contributed by atoms with Gasteiger partial charge in [-0.05, 0) is 109 Å². The van der Waals surface area contributed by atoms with Crippen LogP contribution in [0.25, 0.3) is 0 Å². The van der Waals surface area contributed by atoms with Crippen LogP contribution in [-0.2, 0) is 27.9 Å². The molecule has 0 aliphatic heterocycles. The number of nitrogens with zero attached hydrogens (tertiary/aromatic N) is 1. The van der Waals surface area contributed by atoms with Crippen molar-refractivity contribution in [3.63, 3.8) is 0 Å². The van der Waals surface area contributed by atoms with E-state index in [0.717, 1.165) is 135 Å². The minimum absolute atomic E-state index is 0.0734. The number of carbonyl (C=O) groups excluding carboxylic acids is 1. The normalized spacial score (nSPS) is 14.6. The Balaban J connectivity index is 4.23. The molecule has 0 radical (unpaired) electrons. The van der Waals surface area contributed by atoms with Gasteiger partial charge in [0.25, 0.3) is 0 Å². The molecule has 69 heavy (non-hydrogen) atoms. The first-order valence-electron chi connectivity index (χ1n) is 26.9. The molecule has 9 heteroatoms. The predicted molar refractivity (Wildman–Crippen MR) is 297 cm³/mol. The van der Waals surface area contributed by atoms with Gasteiger partial charge in [0.05, 0.1) is 34.4 Å². The summed E-state index contributed by atoms with van der Waals surface area (Å²) < 4.78 is 35.2. The molecule has 0 fully saturated rings. The Bertz CT molecular complexity index is 1560. The molecule has 2 unspecified atom stereocenters. The molecule has 0 aliphatic rings. The van der Waals surface area contributed by atoms with E-state index in [4.69, 9.17) is 18.5 Å². The Hall–Kier alpha value is -3.36. The second kappa shape index (κ2) is 51.0. The molecule has 0 heterocycles. The zero-order valence-electron chi connectivity index (χ0n) is 44.5. The number of hydrogen-bond acceptors (Lipinski definition) is 6. The van der Waals surface area contributed by atoms with E-state index in [9.17, 15) is 14.3 Å². The number of quaternary nitrogens is 1. The molecular formula is C60H101NO7P+. The molecular weight excluding hydrogens is 878 g/mol. The largest absolute Gasteiger partial charge is 0.472 e. The number of phosphoric ester groups is 1. The van der Waals surface area contributed by atoms with E-state index in [1.807, 2.05) is 21.1 Å². The Morgan fingerprint density at radius 3 is 1.19 bits per heavy atom. The molecule has 0 bridgehead atoms. The first-order chi connectivity index (χ1) is 33.6. The molecule has 2 atom stereocenters. The van der Waals surface area contributed by atoms with Crippen LogP contribution in [0.2, 0.25) is 0 Å². The first kappa shape index (κ1) is 65.6. The van der Waals surface area contributed by atoms with E-state index in [-0.39, 0.29) is 25.8 Å². The third kappa shape index (κ3) is 55.4. The summed E-state index contributed by atoms with van der Waals surface area (Å²) in [7, 11) is 1.62. The van der Waals surface area contributed by atoms with Crippen molar-refractivity contribution in [3.05, 3.63) is 134 Å². The van der Waals surface area contributed by atoms with E-state index in [2.05, 4.69) is 148 Å². The highest BCUT2D eigenvalue weighted by Gasteiger charge is 2.26. The van der Waals surface area contributed by atoms with Crippen molar-refractivity contribution in [1.82, 2.24) is 0 Å². The highest BCUT2D eigenvalue weighted by Crippen LogP contribution is 2.43. The van der Waals surface area contributed by atoms with E-state index >= 15 is 0 Å². The van der Waals surface area contributed by atoms with Gasteiger partial charge in [0, 0.05) is 13.0 Å². The Kier molecular flexibility index (Phi) is 48.5. The standard InChI is InChI=1S/C60H100NO7P/c1-6-8-10-12-14-16-18-20-22-24-26-28-29-30-31-32-34-36-38-40-42-44-46-48-50-52-55-65-57-59(58-67-69(63,64)66-56-54-61(3,4)5)68-60(62)53-51-49-47-45-43-41-39-37-35-33-27-25-23-21-19-17-15-13-11-9-7-2/h8-11,14-17,20-23,26-28,30-31,33-34,36-37,39,59H,6-7,12-13,18-19,24-25,29,32,35,38,40-58H2,1-5H3/p+1/b10-8-,11-9-,16-14-,17-15-,22-20-,23-21-,28-26-,31-30-,33-27-,36-34-,39-37-. The fourth-order valence-electron chi connectivity index (χ4n) is 6.64. The lowest BCUT2D eigenvalue weighted by atomic mass is 10.1. The minimum Gasteiger partial charge on any atom is -0.457 e. The zero-order chi connectivity index (χ0) is 50.5. The minimum atomic E-state index is -4.30. The molecule has 0 amide bonds. The van der Waals surface area contributed by atoms with Crippen LogP contribution >= 0.6 is 7.82 Å². The molecule has 0 saturated heterocycles. The number of ether oxygens (including phenoxy) is 2. The number of carbonyl (C=O) groups is 1. The lowest BCUT2D eigenvalue weighted by Gasteiger charge is -2.24. The van der Waals surface area contributed by atoms with Gasteiger partial charge in [-0.1, -0.05) is 199 Å². The number of allylic oxidation sites excluding steroid dienone is 22. The van der Waals surface area contributed by atoms with Crippen LogP contribution in [0.4, 0.5) is 0 Å². The molecule has 8 nitrogen and oxygen atoms in total. The van der Waals surface area contributed by atoms with Gasteiger partial charge < -0.3 is 18.9 Å². The third-order valence-corrected chi connectivity index (χ3v) is 11.7. The summed E-state index contributed by atoms with van der Waals surface area (Å²) in [5.74, 6) is -0.342. The van der Waals surface area contributed by atoms with Crippen LogP contribution < -0.4 is 0 Å². The van der Waals surface area contributed by atoms with Gasteiger partial charge >= 0.3 is 13.8 Å². The lowest BCUT2D eigenvalue weighted by molar-refractivity contribution is -0.870. The van der Waals surface area contributed by atoms with Crippen LogP contribution in [-0.4, -0.2) is 75.6 Å². The van der Waals surface area contributed by atoms with E-state index in [1.165, 1.54) is 25.7 Å². The lowest BCUT2D eigenvalue weighted by Crippen LogP contribution is -2.37. The second-order valence-electron chi connectivity index (χ2n) is 18.5. The van der Waals surface area contributed by atoms with Crippen molar-refractivity contribution in [1.29, 1.82) is 0 Å². The van der Waals surface area contributed by atoms with Crippen LogP contribution in [0.3, 0.4) is 0 Å². The van der Waals surface area contributed by atoms with Crippen LogP contribution in [0, 0.1) is 0 Å². The summed E-state index contributed by atoms with van der Waals surface area (Å²) >= 11 is 0. The molecule has 0 aromatic rings. The summed E-state index contributed by atoms with van der Waals surface area (Å²) in [5, 5.41) is 0. The Morgan fingerprint density at radius 2 is 0.797 bits per heavy atom. The maximum absolute atomic E-state index is 12.8. The fourth-order valence-corrected chi connectivity index (χ4v) is 7.38. The average molecular weight is 979 g/mol. The smallest absolute Gasteiger partial charge is 0.457 e. The summed E-state index contributed by atoms with van der Waals surface area (Å²) in [6, 6.07) is 0. The highest BCUT2D eigenvalue weighted by atomic mass is 31.2. The quantitative estimate of drug-likeness (QED) is 0.0213. The number of esters is 1. The molecule has 1 N–H and O–H groups in total. The molecule has 0 spiro atoms. The van der Waals surface area contributed by atoms with Crippen molar-refractivity contribution >= 4 is 13.8 Å². The third-order valence-electron chi connectivity index (χ3n) is 10.7. The van der Waals surface area contributed by atoms with Gasteiger partial charge in [0.15, 0.2) is 0 Å². The van der Waals surface area contributed by atoms with Crippen molar-refractivity contribution in [2.45, 2.75) is 187 Å². The van der Waals surface area contributed by atoms with Gasteiger partial charge in [-0.25, -0.2) is 4.57 Å². The van der Waals surface area contributed by atoms with Crippen molar-refractivity contribution in [2.75, 3.05) is 54.1 Å². The van der Waals surface area contributed by atoms with Gasteiger partial charge in [0.1, 0.15) is 19.3 Å². The molecule has 0 rings (SSSR count). The molecule has 0 saturated carbocycles. The molecule has 392 valence electrons. The van der Waals surface area contributed by atoms with Crippen LogP contribution in [0.15, 0.2) is 134 Å². The van der Waals surface area contributed by atoms with Gasteiger partial charge in [-0.3, -0.25) is 13.8 Å². The molecule has 0 aliphatic carbocycles. The first-order valence-corrected chi connectivity index (χ1v) is 28.4. The van der Waals surface area contributed by atoms with Crippen LogP contribution in [0.5, 0.6) is 0 Å². The summed E-state index contributed by atoms with van der Waals surface area (Å²) in [6.07, 6.45) is 75.0. The highest BCUT2D eigenvalue weighted by molar-refractivity contribution is 7.47. The summed E-state index contributed by atoms with van der Waals surface area (Å²) in [6.45, 7) is 5.31. The predicted octanol–water partition coefficient (Wildman–Crippen LogP) is 17.1. The topological polar surface area (TPSA) is 91.3 Å². The van der Waals surface area contributed by atoms with Crippen LogP contribution in [0.1, 0.15) is 181 Å². The van der Waals surface area contributed by atoms with Crippen molar-refractivity contribution < 1.29 is 37.3 Å². The van der Waals surface area contributed by atoms with E-state index < -0.39 is 13.9 Å². The molecule has 0 aromatic heterocycles. The second-order valence-corrected chi connectivity index (χ2v) is 19.9. The fraction of sp³-hybridized carbons (Fsp3) is 0.617. The van der Waals surface area contributed by atoms with E-state index in [0.29, 0.717) is 24.1 Å². The van der Waals surface area contributed by atoms with Crippen molar-refractivity contribution in [3.8, 4) is 0 Å². The summed E-state index contributed by atoms with van der Waals surface area (Å²) in [5.41, 5.74) is 0. The summed E-state index contributed by atoms with van der Waals surface area (Å²) in [4.78, 5) is 23.0. The number of phosphoric acid groups is 1. The van der Waals surface area contributed by atoms with E-state index in [1.54, 1.807) is 0 Å². The SMILES string of the molecule is CC/C=C\C/C=C\C/C=C\C/C=C\C/C=C\C/C=C\CCCCCCCCCOCC(COP(=O)(O)OCC[N+](C)(C)C)OC(=O)CCCCCCC/C=C\C/C=C\C/C=C\C/C=C\C/C=C\CC.